The summed E-state index contributed by atoms with van der Waals surface area (Å²) in [6, 6.07) is 1.91. The number of methoxy groups -OCH3 is 1. The summed E-state index contributed by atoms with van der Waals surface area (Å²) in [6.07, 6.45) is 0.610. The fourth-order valence-electron chi connectivity index (χ4n) is 1.89. The molecule has 1 aromatic heterocycles. The molecule has 1 heterocycles. The minimum Gasteiger partial charge on any atom is -0.396 e. The Morgan fingerprint density at radius 1 is 1.29 bits per heavy atom. The standard InChI is InChI=1S/C15H28N4O2/c1-6-16-12-9-13(17-11(7-8-20)10-21-5)19-14(18-12)15(2,3)4/h9,11,20H,6-8,10H2,1-5H3,(H2,16,17,18,19). The fraction of sp³-hybridized carbons (Fsp3) is 0.733. The topological polar surface area (TPSA) is 79.3 Å². The zero-order valence-electron chi connectivity index (χ0n) is 13.7. The van der Waals surface area contributed by atoms with Crippen molar-refractivity contribution < 1.29 is 9.84 Å². The SMILES string of the molecule is CCNc1cc(NC(CCO)COC)nc(C(C)(C)C)n1. The van der Waals surface area contributed by atoms with E-state index in [2.05, 4.69) is 41.4 Å². The maximum absolute atomic E-state index is 9.12. The van der Waals surface area contributed by atoms with Crippen molar-refractivity contribution in [3.8, 4) is 0 Å². The Morgan fingerprint density at radius 2 is 1.95 bits per heavy atom. The second kappa shape index (κ2) is 8.14. The number of aliphatic hydroxyl groups is 1. The highest BCUT2D eigenvalue weighted by atomic mass is 16.5. The van der Waals surface area contributed by atoms with Gasteiger partial charge in [-0.05, 0) is 13.3 Å². The molecule has 6 nitrogen and oxygen atoms in total. The predicted octanol–water partition coefficient (Wildman–Crippen LogP) is 2.02. The molecule has 0 amide bonds. The zero-order chi connectivity index (χ0) is 15.9. The first kappa shape index (κ1) is 17.7. The van der Waals surface area contributed by atoms with Crippen molar-refractivity contribution in [2.75, 3.05) is 37.5 Å². The molecule has 0 fully saturated rings. The number of ether oxygens (including phenoxy) is 1. The lowest BCUT2D eigenvalue weighted by Gasteiger charge is -2.22. The molecule has 0 spiro atoms. The van der Waals surface area contributed by atoms with E-state index in [0.717, 1.165) is 24.0 Å². The Bertz CT molecular complexity index is 426. The van der Waals surface area contributed by atoms with Crippen LogP contribution >= 0.6 is 0 Å². The lowest BCUT2D eigenvalue weighted by atomic mass is 9.96. The first-order valence-electron chi connectivity index (χ1n) is 7.40. The molecule has 1 aromatic rings. The molecular weight excluding hydrogens is 268 g/mol. The summed E-state index contributed by atoms with van der Waals surface area (Å²) in [5, 5.41) is 15.7. The van der Waals surface area contributed by atoms with Crippen LogP contribution in [0.3, 0.4) is 0 Å². The van der Waals surface area contributed by atoms with Gasteiger partial charge >= 0.3 is 0 Å². The summed E-state index contributed by atoms with van der Waals surface area (Å²) in [4.78, 5) is 9.14. The number of rotatable bonds is 8. The summed E-state index contributed by atoms with van der Waals surface area (Å²) in [6.45, 7) is 9.72. The van der Waals surface area contributed by atoms with Crippen molar-refractivity contribution >= 4 is 11.6 Å². The minimum absolute atomic E-state index is 0.0252. The van der Waals surface area contributed by atoms with Gasteiger partial charge in [-0.15, -0.1) is 0 Å². The van der Waals surface area contributed by atoms with Crippen LogP contribution in [0, 0.1) is 0 Å². The van der Waals surface area contributed by atoms with Gasteiger partial charge in [-0.1, -0.05) is 20.8 Å². The third-order valence-corrected chi connectivity index (χ3v) is 2.95. The minimum atomic E-state index is -0.129. The maximum Gasteiger partial charge on any atom is 0.138 e. The fourth-order valence-corrected chi connectivity index (χ4v) is 1.89. The van der Waals surface area contributed by atoms with Gasteiger partial charge in [0.1, 0.15) is 17.5 Å². The molecule has 3 N–H and O–H groups in total. The maximum atomic E-state index is 9.12. The molecule has 0 aliphatic carbocycles. The zero-order valence-corrected chi connectivity index (χ0v) is 13.7. The predicted molar refractivity (Wildman–Crippen MR) is 85.9 cm³/mol. The van der Waals surface area contributed by atoms with E-state index in [-0.39, 0.29) is 18.1 Å². The number of hydrogen-bond acceptors (Lipinski definition) is 6. The first-order chi connectivity index (χ1) is 9.90. The van der Waals surface area contributed by atoms with Crippen molar-refractivity contribution in [3.05, 3.63) is 11.9 Å². The van der Waals surface area contributed by atoms with Gasteiger partial charge in [0.05, 0.1) is 12.6 Å². The molecule has 21 heavy (non-hydrogen) atoms. The normalized spacial score (nSPS) is 13.0. The second-order valence-corrected chi connectivity index (χ2v) is 6.05. The van der Waals surface area contributed by atoms with Crippen molar-refractivity contribution in [3.63, 3.8) is 0 Å². The Morgan fingerprint density at radius 3 is 2.48 bits per heavy atom. The summed E-state index contributed by atoms with van der Waals surface area (Å²) >= 11 is 0. The van der Waals surface area contributed by atoms with E-state index in [1.807, 2.05) is 13.0 Å². The van der Waals surface area contributed by atoms with E-state index in [0.29, 0.717) is 13.0 Å². The van der Waals surface area contributed by atoms with Gasteiger partial charge in [0, 0.05) is 31.7 Å². The number of nitrogens with zero attached hydrogens (tertiary/aromatic N) is 2. The second-order valence-electron chi connectivity index (χ2n) is 6.05. The van der Waals surface area contributed by atoms with Crippen molar-refractivity contribution in [2.45, 2.75) is 45.6 Å². The highest BCUT2D eigenvalue weighted by molar-refractivity contribution is 5.48. The summed E-state index contributed by atoms with van der Waals surface area (Å²) in [5.41, 5.74) is -0.129. The molecule has 120 valence electrons. The molecule has 0 aliphatic heterocycles. The van der Waals surface area contributed by atoms with Crippen LogP contribution in [-0.2, 0) is 10.2 Å². The molecule has 0 bridgehead atoms. The average Bonchev–Trinajstić information content (AvgIpc) is 2.38. The largest absolute Gasteiger partial charge is 0.396 e. The van der Waals surface area contributed by atoms with Crippen LogP contribution in [0.2, 0.25) is 0 Å². The smallest absolute Gasteiger partial charge is 0.138 e. The summed E-state index contributed by atoms with van der Waals surface area (Å²) in [7, 11) is 1.65. The van der Waals surface area contributed by atoms with E-state index in [4.69, 9.17) is 9.84 Å². The van der Waals surface area contributed by atoms with Crippen LogP contribution in [-0.4, -0.2) is 48.0 Å². The average molecular weight is 296 g/mol. The highest BCUT2D eigenvalue weighted by Gasteiger charge is 2.20. The van der Waals surface area contributed by atoms with Crippen LogP contribution < -0.4 is 10.6 Å². The quantitative estimate of drug-likeness (QED) is 0.681. The molecule has 0 saturated heterocycles. The van der Waals surface area contributed by atoms with Gasteiger partial charge in [-0.2, -0.15) is 0 Å². The molecule has 1 atom stereocenters. The van der Waals surface area contributed by atoms with Crippen molar-refractivity contribution in [1.82, 2.24) is 9.97 Å². The number of aromatic nitrogens is 2. The molecular formula is C15H28N4O2. The van der Waals surface area contributed by atoms with E-state index in [1.165, 1.54) is 0 Å². The molecule has 0 saturated carbocycles. The van der Waals surface area contributed by atoms with Crippen LogP contribution in [0.15, 0.2) is 6.07 Å². The number of nitrogens with one attached hydrogen (secondary N) is 2. The molecule has 1 rings (SSSR count). The van der Waals surface area contributed by atoms with Gasteiger partial charge in [-0.25, -0.2) is 9.97 Å². The number of aliphatic hydroxyl groups excluding tert-OH is 1. The third-order valence-electron chi connectivity index (χ3n) is 2.95. The van der Waals surface area contributed by atoms with E-state index >= 15 is 0 Å². The lowest BCUT2D eigenvalue weighted by molar-refractivity contribution is 0.170. The van der Waals surface area contributed by atoms with Crippen LogP contribution in [0.5, 0.6) is 0 Å². The van der Waals surface area contributed by atoms with E-state index in [1.54, 1.807) is 7.11 Å². The van der Waals surface area contributed by atoms with Gasteiger partial charge < -0.3 is 20.5 Å². The van der Waals surface area contributed by atoms with Gasteiger partial charge in [0.2, 0.25) is 0 Å². The summed E-state index contributed by atoms with van der Waals surface area (Å²) in [5.74, 6) is 2.34. The first-order valence-corrected chi connectivity index (χ1v) is 7.40. The van der Waals surface area contributed by atoms with Crippen molar-refractivity contribution in [1.29, 1.82) is 0 Å². The molecule has 0 aromatic carbocycles. The van der Waals surface area contributed by atoms with E-state index < -0.39 is 0 Å². The Balaban J connectivity index is 3.01. The van der Waals surface area contributed by atoms with Crippen LogP contribution in [0.1, 0.15) is 39.9 Å². The van der Waals surface area contributed by atoms with E-state index in [9.17, 15) is 0 Å². The Hall–Kier alpha value is -1.40. The molecule has 0 aliphatic rings. The van der Waals surface area contributed by atoms with Crippen LogP contribution in [0.25, 0.3) is 0 Å². The lowest BCUT2D eigenvalue weighted by Crippen LogP contribution is -2.27. The number of anilines is 2. The molecule has 0 radical (unpaired) electrons. The third kappa shape index (κ3) is 5.85. The Labute approximate surface area is 127 Å². The number of hydrogen-bond donors (Lipinski definition) is 3. The highest BCUT2D eigenvalue weighted by Crippen LogP contribution is 2.22. The van der Waals surface area contributed by atoms with Gasteiger partial charge in [-0.3, -0.25) is 0 Å². The van der Waals surface area contributed by atoms with Crippen molar-refractivity contribution in [2.24, 2.45) is 0 Å². The Kier molecular flexibility index (Phi) is 6.84. The molecule has 6 heteroatoms. The molecule has 1 unspecified atom stereocenters. The van der Waals surface area contributed by atoms with Crippen LogP contribution in [0.4, 0.5) is 11.6 Å². The summed E-state index contributed by atoms with van der Waals surface area (Å²) < 4.78 is 5.17. The monoisotopic (exact) mass is 296 g/mol. The van der Waals surface area contributed by atoms with Gasteiger partial charge in [0.15, 0.2) is 0 Å². The van der Waals surface area contributed by atoms with Gasteiger partial charge in [0.25, 0.3) is 0 Å².